The normalized spacial score (nSPS) is 15.5. The molecule has 0 unspecified atom stereocenters. The molecule has 28 heavy (non-hydrogen) atoms. The van der Waals surface area contributed by atoms with Gasteiger partial charge in [0.05, 0.1) is 17.8 Å². The minimum atomic E-state index is -0.265. The van der Waals surface area contributed by atoms with Crippen LogP contribution < -0.4 is 15.0 Å². The molecule has 0 aliphatic carbocycles. The fraction of sp³-hybridized carbons (Fsp3) is 0.182. The van der Waals surface area contributed by atoms with Crippen molar-refractivity contribution in [3.63, 3.8) is 0 Å². The third kappa shape index (κ3) is 3.41. The Morgan fingerprint density at radius 1 is 1.18 bits per heavy atom. The number of rotatable bonds is 3. The van der Waals surface area contributed by atoms with E-state index >= 15 is 0 Å². The highest BCUT2D eigenvalue weighted by molar-refractivity contribution is 6.30. The van der Waals surface area contributed by atoms with Crippen molar-refractivity contribution in [3.8, 4) is 5.75 Å². The number of pyridine rings is 1. The maximum absolute atomic E-state index is 12.4. The fourth-order valence-corrected chi connectivity index (χ4v) is 3.43. The Bertz CT molecular complexity index is 1000. The van der Waals surface area contributed by atoms with E-state index in [-0.39, 0.29) is 12.0 Å². The number of carbonyl (C=O) groups excluding carboxylic acids is 1. The van der Waals surface area contributed by atoms with Crippen LogP contribution >= 0.6 is 11.6 Å². The lowest BCUT2D eigenvalue weighted by Gasteiger charge is -2.36. The van der Waals surface area contributed by atoms with Crippen molar-refractivity contribution in [2.75, 3.05) is 18.5 Å². The molecule has 0 saturated heterocycles. The molecule has 1 amide bonds. The summed E-state index contributed by atoms with van der Waals surface area (Å²) < 4.78 is 6.31. The first kappa shape index (κ1) is 18.3. The van der Waals surface area contributed by atoms with E-state index in [1.54, 1.807) is 13.1 Å². The molecule has 0 radical (unpaired) electrons. The monoisotopic (exact) mass is 393 g/mol. The number of benzene rings is 2. The average molecular weight is 394 g/mol. The van der Waals surface area contributed by atoms with Gasteiger partial charge in [0, 0.05) is 18.3 Å². The Morgan fingerprint density at radius 3 is 2.64 bits per heavy atom. The molecule has 1 N–H and O–H groups in total. The predicted molar refractivity (Wildman–Crippen MR) is 111 cm³/mol. The zero-order valence-electron chi connectivity index (χ0n) is 15.6. The summed E-state index contributed by atoms with van der Waals surface area (Å²) in [7, 11) is 1.61. The van der Waals surface area contributed by atoms with Crippen molar-refractivity contribution in [3.05, 3.63) is 82.5 Å². The van der Waals surface area contributed by atoms with Crippen LogP contribution in [-0.4, -0.2) is 24.5 Å². The van der Waals surface area contributed by atoms with Crippen LogP contribution in [0.4, 0.5) is 11.5 Å². The number of carbonyl (C=O) groups is 1. The van der Waals surface area contributed by atoms with E-state index in [2.05, 4.69) is 15.2 Å². The molecule has 1 aromatic heterocycles. The van der Waals surface area contributed by atoms with Crippen molar-refractivity contribution < 1.29 is 9.53 Å². The Morgan fingerprint density at radius 2 is 1.96 bits per heavy atom. The summed E-state index contributed by atoms with van der Waals surface area (Å²) in [6, 6.07) is 17.2. The van der Waals surface area contributed by atoms with E-state index in [1.807, 2.05) is 61.7 Å². The Labute approximate surface area is 168 Å². The largest absolute Gasteiger partial charge is 0.481 e. The molecule has 5 nitrogen and oxygen atoms in total. The first-order valence-electron chi connectivity index (χ1n) is 9.04. The number of aryl methyl sites for hydroxylation is 1. The summed E-state index contributed by atoms with van der Waals surface area (Å²) in [5.74, 6) is 1.17. The average Bonchev–Trinajstić information content (AvgIpc) is 2.73. The summed E-state index contributed by atoms with van der Waals surface area (Å²) in [5, 5.41) is 3.35. The molecule has 4 rings (SSSR count). The molecule has 0 spiro atoms. The number of hydrogen-bond acceptors (Lipinski definition) is 4. The Hall–Kier alpha value is -3.05. The van der Waals surface area contributed by atoms with Crippen LogP contribution in [0.1, 0.15) is 27.6 Å². The third-order valence-corrected chi connectivity index (χ3v) is 5.03. The molecule has 6 heteroatoms. The van der Waals surface area contributed by atoms with E-state index < -0.39 is 0 Å². The second-order valence-corrected chi connectivity index (χ2v) is 7.13. The van der Waals surface area contributed by atoms with Gasteiger partial charge >= 0.3 is 0 Å². The van der Waals surface area contributed by atoms with Gasteiger partial charge in [0.1, 0.15) is 11.9 Å². The van der Waals surface area contributed by atoms with Gasteiger partial charge in [-0.1, -0.05) is 35.9 Å². The maximum Gasteiger partial charge on any atom is 0.254 e. The van der Waals surface area contributed by atoms with Crippen LogP contribution in [0.3, 0.4) is 0 Å². The summed E-state index contributed by atoms with van der Waals surface area (Å²) in [5.41, 5.74) is 3.39. The molecular formula is C22H20ClN3O2. The van der Waals surface area contributed by atoms with Crippen LogP contribution in [0.5, 0.6) is 5.75 Å². The van der Waals surface area contributed by atoms with Crippen LogP contribution in [0.15, 0.2) is 60.8 Å². The number of aromatic nitrogens is 1. The van der Waals surface area contributed by atoms with Gasteiger partial charge < -0.3 is 15.0 Å². The summed E-state index contributed by atoms with van der Waals surface area (Å²) in [4.78, 5) is 19.1. The quantitative estimate of drug-likeness (QED) is 0.702. The van der Waals surface area contributed by atoms with E-state index in [9.17, 15) is 4.79 Å². The van der Waals surface area contributed by atoms with E-state index in [1.165, 1.54) is 0 Å². The molecule has 1 aliphatic rings. The number of fused-ring (bicyclic) bond motifs is 1. The standard InChI is InChI=1S/C22H20ClN3O2/c1-14-6-11-20(25-12-14)26-13-19(15-7-9-16(23)10-8-15)28-21-17(22(27)24-2)4-3-5-18(21)26/h3-12,19H,13H2,1-2H3,(H,24,27)/t19-/m0/s1. The minimum absolute atomic E-state index is 0.189. The number of halogens is 1. The highest BCUT2D eigenvalue weighted by Gasteiger charge is 2.31. The van der Waals surface area contributed by atoms with Gasteiger partial charge in [-0.05, 0) is 48.4 Å². The van der Waals surface area contributed by atoms with Gasteiger partial charge in [-0.3, -0.25) is 4.79 Å². The number of anilines is 2. The van der Waals surface area contributed by atoms with Crippen molar-refractivity contribution in [2.24, 2.45) is 0 Å². The highest BCUT2D eigenvalue weighted by atomic mass is 35.5. The molecule has 1 atom stereocenters. The molecule has 0 saturated carbocycles. The molecule has 0 bridgehead atoms. The van der Waals surface area contributed by atoms with E-state index in [0.717, 1.165) is 22.6 Å². The molecule has 0 fully saturated rings. The molecular weight excluding hydrogens is 374 g/mol. The molecule has 2 aromatic carbocycles. The van der Waals surface area contributed by atoms with Crippen molar-refractivity contribution in [1.29, 1.82) is 0 Å². The minimum Gasteiger partial charge on any atom is -0.481 e. The first-order valence-corrected chi connectivity index (χ1v) is 9.42. The molecule has 2 heterocycles. The highest BCUT2D eigenvalue weighted by Crippen LogP contribution is 2.43. The van der Waals surface area contributed by atoms with Gasteiger partial charge in [0.15, 0.2) is 5.75 Å². The number of hydrogen-bond donors (Lipinski definition) is 1. The summed E-state index contributed by atoms with van der Waals surface area (Å²) >= 11 is 6.04. The van der Waals surface area contributed by atoms with Crippen LogP contribution in [0.2, 0.25) is 5.02 Å². The van der Waals surface area contributed by atoms with Gasteiger partial charge in [-0.2, -0.15) is 0 Å². The SMILES string of the molecule is CNC(=O)c1cccc2c1O[C@H](c1ccc(Cl)cc1)CN2c1ccc(C)cn1. The second kappa shape index (κ2) is 7.52. The lowest BCUT2D eigenvalue weighted by atomic mass is 10.0. The fourth-order valence-electron chi connectivity index (χ4n) is 3.31. The Balaban J connectivity index is 1.83. The number of ether oxygens (including phenoxy) is 1. The van der Waals surface area contributed by atoms with Gasteiger partial charge in [-0.25, -0.2) is 4.98 Å². The van der Waals surface area contributed by atoms with Crippen molar-refractivity contribution >= 4 is 29.0 Å². The number of nitrogens with zero attached hydrogens (tertiary/aromatic N) is 2. The van der Waals surface area contributed by atoms with E-state index in [0.29, 0.717) is 22.9 Å². The van der Waals surface area contributed by atoms with Crippen molar-refractivity contribution in [2.45, 2.75) is 13.0 Å². The lowest BCUT2D eigenvalue weighted by molar-refractivity contribution is 0.0954. The van der Waals surface area contributed by atoms with Crippen LogP contribution in [0, 0.1) is 6.92 Å². The molecule has 3 aromatic rings. The van der Waals surface area contributed by atoms with Crippen LogP contribution in [0.25, 0.3) is 0 Å². The predicted octanol–water partition coefficient (Wildman–Crippen LogP) is 4.67. The van der Waals surface area contributed by atoms with Gasteiger partial charge in [0.2, 0.25) is 0 Å². The number of nitrogens with one attached hydrogen (secondary N) is 1. The first-order chi connectivity index (χ1) is 13.6. The van der Waals surface area contributed by atoms with Crippen molar-refractivity contribution in [1.82, 2.24) is 10.3 Å². The Kier molecular flexibility index (Phi) is 4.92. The summed E-state index contributed by atoms with van der Waals surface area (Å²) in [6.45, 7) is 2.58. The second-order valence-electron chi connectivity index (χ2n) is 6.70. The molecule has 1 aliphatic heterocycles. The molecule has 142 valence electrons. The number of para-hydroxylation sites is 1. The van der Waals surface area contributed by atoms with Gasteiger partial charge in [-0.15, -0.1) is 0 Å². The zero-order valence-corrected chi connectivity index (χ0v) is 16.4. The smallest absolute Gasteiger partial charge is 0.254 e. The topological polar surface area (TPSA) is 54.5 Å². The lowest BCUT2D eigenvalue weighted by Crippen LogP contribution is -2.33. The third-order valence-electron chi connectivity index (χ3n) is 4.78. The van der Waals surface area contributed by atoms with Gasteiger partial charge in [0.25, 0.3) is 5.91 Å². The number of amides is 1. The van der Waals surface area contributed by atoms with E-state index in [4.69, 9.17) is 16.3 Å². The van der Waals surface area contributed by atoms with Crippen LogP contribution in [-0.2, 0) is 0 Å². The maximum atomic E-state index is 12.4. The zero-order chi connectivity index (χ0) is 19.7. The summed E-state index contributed by atoms with van der Waals surface area (Å²) in [6.07, 6.45) is 1.57.